The molecule has 0 aliphatic carbocycles. The largest absolute Gasteiger partial charge is 0.507 e. The van der Waals surface area contributed by atoms with Gasteiger partial charge in [0.1, 0.15) is 11.5 Å². The molecular weight excluding hydrogens is 406 g/mol. The Labute approximate surface area is 180 Å². The molecule has 158 valence electrons. The van der Waals surface area contributed by atoms with E-state index in [1.165, 1.54) is 4.90 Å². The molecule has 1 heterocycles. The monoisotopic (exact) mass is 429 g/mol. The van der Waals surface area contributed by atoms with Gasteiger partial charge in [0, 0.05) is 30.8 Å². The first-order chi connectivity index (χ1) is 14.5. The molecule has 0 saturated carbocycles. The van der Waals surface area contributed by atoms with E-state index in [4.69, 9.17) is 21.1 Å². The molecule has 0 radical (unpaired) electrons. The molecular formula is C23H24ClNO5. The predicted octanol–water partition coefficient (Wildman–Crippen LogP) is 4.20. The molecule has 7 heteroatoms. The number of ether oxygens (including phenoxy) is 2. The van der Waals surface area contributed by atoms with Gasteiger partial charge in [0.15, 0.2) is 0 Å². The number of hydrogen-bond acceptors (Lipinski definition) is 5. The lowest BCUT2D eigenvalue weighted by molar-refractivity contribution is -0.140. The van der Waals surface area contributed by atoms with Gasteiger partial charge in [0.2, 0.25) is 0 Å². The lowest BCUT2D eigenvalue weighted by atomic mass is 9.95. The van der Waals surface area contributed by atoms with Crippen LogP contribution < -0.4 is 4.74 Å². The van der Waals surface area contributed by atoms with Crippen LogP contribution in [0.15, 0.2) is 54.1 Å². The van der Waals surface area contributed by atoms with Gasteiger partial charge in [0.25, 0.3) is 11.7 Å². The Morgan fingerprint density at radius 3 is 2.57 bits per heavy atom. The fourth-order valence-electron chi connectivity index (χ4n) is 3.54. The third-order valence-corrected chi connectivity index (χ3v) is 5.14. The van der Waals surface area contributed by atoms with Gasteiger partial charge in [0.05, 0.1) is 18.2 Å². The average Bonchev–Trinajstić information content (AvgIpc) is 2.99. The van der Waals surface area contributed by atoms with Crippen molar-refractivity contribution < 1.29 is 24.2 Å². The zero-order chi connectivity index (χ0) is 21.7. The highest BCUT2D eigenvalue weighted by Crippen LogP contribution is 2.40. The van der Waals surface area contributed by atoms with Crippen molar-refractivity contribution in [2.45, 2.75) is 19.4 Å². The number of Topliss-reactive ketones (excluding diaryl/α,β-unsaturated/α-hetero) is 1. The van der Waals surface area contributed by atoms with Gasteiger partial charge < -0.3 is 19.5 Å². The summed E-state index contributed by atoms with van der Waals surface area (Å²) in [5, 5.41) is 11.6. The fraction of sp³-hybridized carbons (Fsp3) is 0.304. The molecule has 0 spiro atoms. The summed E-state index contributed by atoms with van der Waals surface area (Å²) in [5.41, 5.74) is 1.15. The van der Waals surface area contributed by atoms with E-state index >= 15 is 0 Å². The number of methoxy groups -OCH3 is 1. The Balaban J connectivity index is 2.10. The molecule has 1 saturated heterocycles. The molecule has 1 aliphatic heterocycles. The third-order valence-electron chi connectivity index (χ3n) is 4.89. The Kier molecular flexibility index (Phi) is 7.13. The van der Waals surface area contributed by atoms with Crippen molar-refractivity contribution in [1.29, 1.82) is 0 Å². The predicted molar refractivity (Wildman–Crippen MR) is 115 cm³/mol. The number of nitrogens with zero attached hydrogens (tertiary/aromatic N) is 1. The second kappa shape index (κ2) is 9.78. The number of rotatable bonds is 8. The standard InChI is InChI=1S/C23H24ClNO5/c1-3-30-18-7-4-6-16(14-18)21(26)19-20(15-8-10-17(24)11-9-15)25(12-5-13-29-2)23(28)22(19)27/h4,6-11,14,20,26H,3,5,12-13H2,1-2H3. The maximum Gasteiger partial charge on any atom is 0.295 e. The maximum absolute atomic E-state index is 12.9. The van der Waals surface area contributed by atoms with Crippen molar-refractivity contribution in [3.05, 3.63) is 70.3 Å². The highest BCUT2D eigenvalue weighted by molar-refractivity contribution is 6.46. The Hall–Kier alpha value is -2.83. The summed E-state index contributed by atoms with van der Waals surface area (Å²) in [4.78, 5) is 27.2. The van der Waals surface area contributed by atoms with Gasteiger partial charge in [-0.25, -0.2) is 0 Å². The van der Waals surface area contributed by atoms with Crippen molar-refractivity contribution in [2.24, 2.45) is 0 Å². The molecule has 1 fully saturated rings. The normalized spacial score (nSPS) is 18.1. The second-order valence-corrected chi connectivity index (χ2v) is 7.29. The highest BCUT2D eigenvalue weighted by atomic mass is 35.5. The molecule has 30 heavy (non-hydrogen) atoms. The van der Waals surface area contributed by atoms with Crippen molar-refractivity contribution >= 4 is 29.1 Å². The van der Waals surface area contributed by atoms with E-state index in [0.29, 0.717) is 48.1 Å². The van der Waals surface area contributed by atoms with Gasteiger partial charge in [-0.15, -0.1) is 0 Å². The van der Waals surface area contributed by atoms with Crippen LogP contribution in [0.5, 0.6) is 5.75 Å². The van der Waals surface area contributed by atoms with Crippen molar-refractivity contribution in [2.75, 3.05) is 26.9 Å². The number of halogens is 1. The summed E-state index contributed by atoms with van der Waals surface area (Å²) < 4.78 is 10.6. The molecule has 0 aromatic heterocycles. The summed E-state index contributed by atoms with van der Waals surface area (Å²) >= 11 is 6.02. The first-order valence-corrected chi connectivity index (χ1v) is 10.1. The van der Waals surface area contributed by atoms with Crippen LogP contribution in [-0.2, 0) is 14.3 Å². The zero-order valence-electron chi connectivity index (χ0n) is 16.9. The Bertz CT molecular complexity index is 954. The quantitative estimate of drug-likeness (QED) is 0.294. The van der Waals surface area contributed by atoms with Crippen LogP contribution in [0.4, 0.5) is 0 Å². The van der Waals surface area contributed by atoms with Crippen LogP contribution in [0.1, 0.15) is 30.5 Å². The van der Waals surface area contributed by atoms with E-state index < -0.39 is 17.7 Å². The number of likely N-dealkylation sites (tertiary alicyclic amines) is 1. The van der Waals surface area contributed by atoms with Gasteiger partial charge >= 0.3 is 0 Å². The summed E-state index contributed by atoms with van der Waals surface area (Å²) in [7, 11) is 1.58. The molecule has 1 N–H and O–H groups in total. The Morgan fingerprint density at radius 1 is 1.17 bits per heavy atom. The number of ketones is 1. The zero-order valence-corrected chi connectivity index (χ0v) is 17.7. The maximum atomic E-state index is 12.9. The molecule has 1 amide bonds. The minimum absolute atomic E-state index is 0.0494. The average molecular weight is 430 g/mol. The second-order valence-electron chi connectivity index (χ2n) is 6.85. The molecule has 2 aromatic carbocycles. The number of hydrogen-bond donors (Lipinski definition) is 1. The summed E-state index contributed by atoms with van der Waals surface area (Å²) in [6, 6.07) is 13.0. The molecule has 2 aromatic rings. The number of aliphatic hydroxyl groups excluding tert-OH is 1. The molecule has 3 rings (SSSR count). The van der Waals surface area contributed by atoms with Crippen LogP contribution in [-0.4, -0.2) is 48.6 Å². The summed E-state index contributed by atoms with van der Waals surface area (Å²) in [6.45, 7) is 3.10. The number of aliphatic hydroxyl groups is 1. The van der Waals surface area contributed by atoms with E-state index in [0.717, 1.165) is 0 Å². The Morgan fingerprint density at radius 2 is 1.90 bits per heavy atom. The van der Waals surface area contributed by atoms with Crippen LogP contribution in [0.25, 0.3) is 5.76 Å². The number of benzene rings is 2. The molecule has 1 aliphatic rings. The molecule has 1 atom stereocenters. The van der Waals surface area contributed by atoms with Crippen molar-refractivity contribution in [1.82, 2.24) is 4.90 Å². The van der Waals surface area contributed by atoms with Gasteiger partial charge in [-0.3, -0.25) is 9.59 Å². The fourth-order valence-corrected chi connectivity index (χ4v) is 3.66. The van der Waals surface area contributed by atoms with Crippen molar-refractivity contribution in [3.63, 3.8) is 0 Å². The van der Waals surface area contributed by atoms with Gasteiger partial charge in [-0.05, 0) is 43.2 Å². The van der Waals surface area contributed by atoms with Gasteiger partial charge in [-0.2, -0.15) is 0 Å². The lowest BCUT2D eigenvalue weighted by Crippen LogP contribution is -2.31. The number of carbonyl (C=O) groups is 2. The van der Waals surface area contributed by atoms with Crippen LogP contribution in [0, 0.1) is 0 Å². The van der Waals surface area contributed by atoms with Crippen molar-refractivity contribution in [3.8, 4) is 5.75 Å². The summed E-state index contributed by atoms with van der Waals surface area (Å²) in [6.07, 6.45) is 0.563. The topological polar surface area (TPSA) is 76.1 Å². The lowest BCUT2D eigenvalue weighted by Gasteiger charge is -2.25. The third kappa shape index (κ3) is 4.50. The first kappa shape index (κ1) is 21.9. The number of carbonyl (C=O) groups excluding carboxylic acids is 2. The van der Waals surface area contributed by atoms with E-state index in [2.05, 4.69) is 0 Å². The van der Waals surface area contributed by atoms with E-state index in [9.17, 15) is 14.7 Å². The van der Waals surface area contributed by atoms with Crippen LogP contribution >= 0.6 is 11.6 Å². The van der Waals surface area contributed by atoms with Gasteiger partial charge in [-0.1, -0.05) is 35.9 Å². The molecule has 6 nitrogen and oxygen atoms in total. The van der Waals surface area contributed by atoms with E-state index in [1.54, 1.807) is 55.6 Å². The molecule has 0 bridgehead atoms. The molecule has 1 unspecified atom stereocenters. The first-order valence-electron chi connectivity index (χ1n) is 9.74. The smallest absolute Gasteiger partial charge is 0.295 e. The minimum atomic E-state index is -0.716. The van der Waals surface area contributed by atoms with Crippen LogP contribution in [0.3, 0.4) is 0 Å². The number of amides is 1. The minimum Gasteiger partial charge on any atom is -0.507 e. The van der Waals surface area contributed by atoms with E-state index in [1.807, 2.05) is 6.92 Å². The van der Waals surface area contributed by atoms with Crippen LogP contribution in [0.2, 0.25) is 5.02 Å². The van der Waals surface area contributed by atoms with E-state index in [-0.39, 0.29) is 11.3 Å². The highest BCUT2D eigenvalue weighted by Gasteiger charge is 2.45. The SMILES string of the molecule is CCOc1cccc(C(O)=C2C(=O)C(=O)N(CCCOC)C2c2ccc(Cl)cc2)c1. The summed E-state index contributed by atoms with van der Waals surface area (Å²) in [5.74, 6) is -1.02.